The third-order valence-electron chi connectivity index (χ3n) is 2.29. The largest absolute Gasteiger partial charge is 0.271 e. The standard InChI is InChI=1S/C12H17ClN2/c1-8(2)6-12(15-14)10-5-4-9(3)7-11(10)13/h4-5,7,12,15H,1,6,14H2,2-3H3. The molecule has 1 aromatic rings. The lowest BCUT2D eigenvalue weighted by Gasteiger charge is -2.18. The van der Waals surface area contributed by atoms with Crippen molar-refractivity contribution >= 4 is 11.6 Å². The molecule has 0 amide bonds. The van der Waals surface area contributed by atoms with Crippen molar-refractivity contribution in [2.75, 3.05) is 0 Å². The molecule has 0 aliphatic heterocycles. The summed E-state index contributed by atoms with van der Waals surface area (Å²) < 4.78 is 0. The number of nitrogens with one attached hydrogen (secondary N) is 1. The number of rotatable bonds is 4. The summed E-state index contributed by atoms with van der Waals surface area (Å²) in [5, 5.41) is 0.749. The molecule has 0 fully saturated rings. The second kappa shape index (κ2) is 5.31. The fraction of sp³-hybridized carbons (Fsp3) is 0.333. The lowest BCUT2D eigenvalue weighted by Crippen LogP contribution is -2.28. The summed E-state index contributed by atoms with van der Waals surface area (Å²) in [6.45, 7) is 7.87. The van der Waals surface area contributed by atoms with Crippen molar-refractivity contribution in [2.45, 2.75) is 26.3 Å². The van der Waals surface area contributed by atoms with Crippen LogP contribution in [0.25, 0.3) is 0 Å². The van der Waals surface area contributed by atoms with Gasteiger partial charge in [-0.25, -0.2) is 0 Å². The Kier molecular flexibility index (Phi) is 4.33. The highest BCUT2D eigenvalue weighted by Crippen LogP contribution is 2.27. The van der Waals surface area contributed by atoms with Crippen LogP contribution in [0.3, 0.4) is 0 Å². The topological polar surface area (TPSA) is 38.0 Å². The summed E-state index contributed by atoms with van der Waals surface area (Å²) in [6.07, 6.45) is 0.791. The normalized spacial score (nSPS) is 12.5. The van der Waals surface area contributed by atoms with Gasteiger partial charge in [-0.1, -0.05) is 29.3 Å². The highest BCUT2D eigenvalue weighted by molar-refractivity contribution is 6.31. The monoisotopic (exact) mass is 224 g/mol. The first-order chi connectivity index (χ1) is 7.04. The van der Waals surface area contributed by atoms with Gasteiger partial charge in [0.1, 0.15) is 0 Å². The van der Waals surface area contributed by atoms with E-state index in [1.54, 1.807) is 0 Å². The molecule has 0 saturated heterocycles. The van der Waals surface area contributed by atoms with Crippen molar-refractivity contribution in [3.05, 3.63) is 46.5 Å². The molecule has 0 aliphatic carbocycles. The van der Waals surface area contributed by atoms with E-state index in [2.05, 4.69) is 12.0 Å². The van der Waals surface area contributed by atoms with Gasteiger partial charge in [-0.2, -0.15) is 0 Å². The summed E-state index contributed by atoms with van der Waals surface area (Å²) in [5.41, 5.74) is 6.01. The van der Waals surface area contributed by atoms with Gasteiger partial charge in [-0.05, 0) is 37.5 Å². The van der Waals surface area contributed by atoms with Crippen LogP contribution in [0, 0.1) is 6.92 Å². The molecule has 0 saturated carbocycles. The van der Waals surface area contributed by atoms with Gasteiger partial charge in [-0.3, -0.25) is 11.3 Å². The molecule has 0 radical (unpaired) electrons. The molecule has 15 heavy (non-hydrogen) atoms. The Hall–Kier alpha value is -0.830. The predicted octanol–water partition coefficient (Wildman–Crippen LogP) is 3.12. The lowest BCUT2D eigenvalue weighted by molar-refractivity contribution is 0.550. The molecule has 82 valence electrons. The van der Waals surface area contributed by atoms with E-state index < -0.39 is 0 Å². The molecule has 2 nitrogen and oxygen atoms in total. The molecule has 0 aliphatic rings. The first-order valence-corrected chi connectivity index (χ1v) is 5.29. The zero-order valence-corrected chi connectivity index (χ0v) is 9.93. The van der Waals surface area contributed by atoms with Crippen LogP contribution in [0.15, 0.2) is 30.4 Å². The van der Waals surface area contributed by atoms with Crippen LogP contribution in [-0.4, -0.2) is 0 Å². The van der Waals surface area contributed by atoms with Crippen LogP contribution >= 0.6 is 11.6 Å². The number of hydrogen-bond acceptors (Lipinski definition) is 2. The van der Waals surface area contributed by atoms with E-state index in [1.807, 2.05) is 32.0 Å². The Morgan fingerprint density at radius 2 is 2.27 bits per heavy atom. The average molecular weight is 225 g/mol. The van der Waals surface area contributed by atoms with E-state index >= 15 is 0 Å². The van der Waals surface area contributed by atoms with Crippen LogP contribution in [-0.2, 0) is 0 Å². The van der Waals surface area contributed by atoms with E-state index in [4.69, 9.17) is 17.4 Å². The van der Waals surface area contributed by atoms with Crippen molar-refractivity contribution in [2.24, 2.45) is 5.84 Å². The van der Waals surface area contributed by atoms with Gasteiger partial charge >= 0.3 is 0 Å². The highest BCUT2D eigenvalue weighted by Gasteiger charge is 2.12. The summed E-state index contributed by atoms with van der Waals surface area (Å²) in [5.74, 6) is 5.51. The van der Waals surface area contributed by atoms with Gasteiger partial charge in [0.25, 0.3) is 0 Å². The maximum atomic E-state index is 6.16. The van der Waals surface area contributed by atoms with Gasteiger partial charge in [0, 0.05) is 5.02 Å². The van der Waals surface area contributed by atoms with Gasteiger partial charge in [0.05, 0.1) is 6.04 Å². The van der Waals surface area contributed by atoms with E-state index in [-0.39, 0.29) is 6.04 Å². The van der Waals surface area contributed by atoms with Crippen molar-refractivity contribution in [3.8, 4) is 0 Å². The van der Waals surface area contributed by atoms with Gasteiger partial charge < -0.3 is 0 Å². The van der Waals surface area contributed by atoms with E-state index in [1.165, 1.54) is 0 Å². The number of halogens is 1. The SMILES string of the molecule is C=C(C)CC(NN)c1ccc(C)cc1Cl. The molecule has 0 bridgehead atoms. The predicted molar refractivity (Wildman–Crippen MR) is 65.7 cm³/mol. The third-order valence-corrected chi connectivity index (χ3v) is 2.61. The third kappa shape index (κ3) is 3.34. The lowest BCUT2D eigenvalue weighted by atomic mass is 10.00. The van der Waals surface area contributed by atoms with Crippen LogP contribution in [0.1, 0.15) is 30.5 Å². The Bertz CT molecular complexity index is 361. The van der Waals surface area contributed by atoms with Crippen LogP contribution in [0.2, 0.25) is 5.02 Å². The average Bonchev–Trinajstić information content (AvgIpc) is 2.14. The molecule has 1 atom stereocenters. The molecular weight excluding hydrogens is 208 g/mol. The zero-order chi connectivity index (χ0) is 11.4. The molecular formula is C12H17ClN2. The number of nitrogens with two attached hydrogens (primary N) is 1. The second-order valence-electron chi connectivity index (χ2n) is 3.91. The van der Waals surface area contributed by atoms with Crippen LogP contribution < -0.4 is 11.3 Å². The van der Waals surface area contributed by atoms with Crippen LogP contribution in [0.5, 0.6) is 0 Å². The maximum Gasteiger partial charge on any atom is 0.0511 e. The van der Waals surface area contributed by atoms with E-state index in [9.17, 15) is 0 Å². The van der Waals surface area contributed by atoms with Crippen LogP contribution in [0.4, 0.5) is 0 Å². The Labute approximate surface area is 96.1 Å². The fourth-order valence-electron chi connectivity index (χ4n) is 1.52. The Balaban J connectivity index is 2.96. The summed E-state index contributed by atoms with van der Waals surface area (Å²) in [6, 6.07) is 6.02. The van der Waals surface area contributed by atoms with E-state index in [0.717, 1.165) is 28.1 Å². The fourth-order valence-corrected chi connectivity index (χ4v) is 1.89. The van der Waals surface area contributed by atoms with Gasteiger partial charge in [0.2, 0.25) is 0 Å². The minimum Gasteiger partial charge on any atom is -0.271 e. The quantitative estimate of drug-likeness (QED) is 0.469. The van der Waals surface area contributed by atoms with Gasteiger partial charge in [-0.15, -0.1) is 6.58 Å². The van der Waals surface area contributed by atoms with Crippen molar-refractivity contribution in [3.63, 3.8) is 0 Å². The van der Waals surface area contributed by atoms with E-state index in [0.29, 0.717) is 0 Å². The number of benzene rings is 1. The van der Waals surface area contributed by atoms with Crippen molar-refractivity contribution in [1.29, 1.82) is 0 Å². The minimum absolute atomic E-state index is 0.0376. The maximum absolute atomic E-state index is 6.16. The molecule has 1 rings (SSSR count). The number of hydrazine groups is 1. The Morgan fingerprint density at radius 3 is 2.73 bits per heavy atom. The zero-order valence-electron chi connectivity index (χ0n) is 9.18. The molecule has 1 unspecified atom stereocenters. The molecule has 3 N–H and O–H groups in total. The summed E-state index contributed by atoms with van der Waals surface area (Å²) in [7, 11) is 0. The molecule has 3 heteroatoms. The first kappa shape index (κ1) is 12.2. The minimum atomic E-state index is 0.0376. The first-order valence-electron chi connectivity index (χ1n) is 4.91. The number of hydrogen-bond donors (Lipinski definition) is 2. The summed E-state index contributed by atoms with van der Waals surface area (Å²) >= 11 is 6.16. The van der Waals surface area contributed by atoms with Crippen molar-refractivity contribution in [1.82, 2.24) is 5.43 Å². The summed E-state index contributed by atoms with van der Waals surface area (Å²) in [4.78, 5) is 0. The Morgan fingerprint density at radius 1 is 1.60 bits per heavy atom. The molecule has 0 spiro atoms. The smallest absolute Gasteiger partial charge is 0.0511 e. The highest BCUT2D eigenvalue weighted by atomic mass is 35.5. The van der Waals surface area contributed by atoms with Gasteiger partial charge in [0.15, 0.2) is 0 Å². The molecule has 0 aromatic heterocycles. The van der Waals surface area contributed by atoms with Crippen molar-refractivity contribution < 1.29 is 0 Å². The molecule has 1 aromatic carbocycles. The molecule has 0 heterocycles. The second-order valence-corrected chi connectivity index (χ2v) is 4.31. The number of aryl methyl sites for hydroxylation is 1.